The Morgan fingerprint density at radius 3 is 2.58 bits per heavy atom. The molecule has 0 saturated carbocycles. The van der Waals surface area contributed by atoms with Gasteiger partial charge < -0.3 is 28.6 Å². The Morgan fingerprint density at radius 2 is 1.84 bits per heavy atom. The highest BCUT2D eigenvalue weighted by Gasteiger charge is 2.29. The summed E-state index contributed by atoms with van der Waals surface area (Å²) in [6.45, 7) is 2.28. The molecule has 2 aliphatic heterocycles. The minimum absolute atomic E-state index is 0.0489. The van der Waals surface area contributed by atoms with Gasteiger partial charge in [0, 0.05) is 24.1 Å². The van der Waals surface area contributed by atoms with Gasteiger partial charge in [-0.15, -0.1) is 11.3 Å². The molecule has 3 heterocycles. The summed E-state index contributed by atoms with van der Waals surface area (Å²) in [5.74, 6) is 2.05. The maximum atomic E-state index is 13.8. The van der Waals surface area contributed by atoms with E-state index >= 15 is 0 Å². The van der Waals surface area contributed by atoms with Crippen molar-refractivity contribution in [2.75, 3.05) is 40.6 Å². The number of para-hydroxylation sites is 1. The van der Waals surface area contributed by atoms with Gasteiger partial charge in [-0.2, -0.15) is 0 Å². The van der Waals surface area contributed by atoms with Crippen molar-refractivity contribution in [3.05, 3.63) is 65.7 Å². The third-order valence-electron chi connectivity index (χ3n) is 6.75. The standard InChI is InChI=1S/C29H28N2O6S/c1-33-22-7-5-8-23(34-2)26(22)29(32)31-11-13-36-27-19(16-31)14-18(15-24(27)37-20-10-12-35-17-20)28-30-21-6-3-4-9-25(21)38-28/h3-9,14-15,20H,10-13,16-17H2,1-2H3/t20-/m0/s1. The molecule has 1 amide bonds. The second kappa shape index (κ2) is 10.5. The lowest BCUT2D eigenvalue weighted by Crippen LogP contribution is -2.33. The molecule has 0 N–H and O–H groups in total. The number of aromatic nitrogens is 1. The van der Waals surface area contributed by atoms with E-state index in [0.717, 1.165) is 32.8 Å². The number of thiazole rings is 1. The molecule has 9 heteroatoms. The number of nitrogens with zero attached hydrogens (tertiary/aromatic N) is 2. The fraction of sp³-hybridized carbons (Fsp3) is 0.310. The number of methoxy groups -OCH3 is 2. The lowest BCUT2D eigenvalue weighted by Gasteiger charge is -2.23. The van der Waals surface area contributed by atoms with Crippen molar-refractivity contribution in [1.29, 1.82) is 0 Å². The summed E-state index contributed by atoms with van der Waals surface area (Å²) in [5, 5.41) is 0.884. The first-order valence-corrected chi connectivity index (χ1v) is 13.4. The highest BCUT2D eigenvalue weighted by atomic mass is 32.1. The lowest BCUT2D eigenvalue weighted by atomic mass is 10.1. The molecule has 0 bridgehead atoms. The van der Waals surface area contributed by atoms with Gasteiger partial charge in [0.2, 0.25) is 0 Å². The van der Waals surface area contributed by atoms with Crippen LogP contribution in [-0.4, -0.2) is 62.5 Å². The maximum absolute atomic E-state index is 13.8. The number of rotatable bonds is 6. The summed E-state index contributed by atoms with van der Waals surface area (Å²) in [6.07, 6.45) is 0.769. The Morgan fingerprint density at radius 1 is 1.03 bits per heavy atom. The zero-order chi connectivity index (χ0) is 26.1. The largest absolute Gasteiger partial charge is 0.496 e. The van der Waals surface area contributed by atoms with E-state index < -0.39 is 0 Å². The molecule has 1 atom stereocenters. The van der Waals surface area contributed by atoms with Crippen LogP contribution in [0.2, 0.25) is 0 Å². The highest BCUT2D eigenvalue weighted by molar-refractivity contribution is 7.21. The van der Waals surface area contributed by atoms with Gasteiger partial charge in [0.15, 0.2) is 11.5 Å². The van der Waals surface area contributed by atoms with Crippen LogP contribution in [0, 0.1) is 0 Å². The molecule has 3 aromatic carbocycles. The van der Waals surface area contributed by atoms with E-state index in [1.807, 2.05) is 24.3 Å². The molecule has 1 aromatic heterocycles. The minimum atomic E-state index is -0.187. The van der Waals surface area contributed by atoms with Crippen molar-refractivity contribution in [3.63, 3.8) is 0 Å². The van der Waals surface area contributed by atoms with Crippen LogP contribution in [-0.2, 0) is 11.3 Å². The van der Waals surface area contributed by atoms with Crippen LogP contribution in [0.1, 0.15) is 22.3 Å². The summed E-state index contributed by atoms with van der Waals surface area (Å²) in [4.78, 5) is 20.4. The molecule has 38 heavy (non-hydrogen) atoms. The van der Waals surface area contributed by atoms with Crippen molar-refractivity contribution < 1.29 is 28.5 Å². The third-order valence-corrected chi connectivity index (χ3v) is 7.84. The summed E-state index contributed by atoms with van der Waals surface area (Å²) in [6, 6.07) is 17.5. The molecule has 8 nitrogen and oxygen atoms in total. The van der Waals surface area contributed by atoms with Crippen LogP contribution in [0.5, 0.6) is 23.0 Å². The zero-order valence-corrected chi connectivity index (χ0v) is 22.1. The third kappa shape index (κ3) is 4.63. The summed E-state index contributed by atoms with van der Waals surface area (Å²) >= 11 is 1.63. The van der Waals surface area contributed by atoms with Crippen LogP contribution in [0.3, 0.4) is 0 Å². The van der Waals surface area contributed by atoms with Gasteiger partial charge in [-0.3, -0.25) is 4.79 Å². The average molecular weight is 533 g/mol. The molecule has 0 spiro atoms. The second-order valence-corrected chi connectivity index (χ2v) is 10.2. The van der Waals surface area contributed by atoms with Crippen LogP contribution >= 0.6 is 11.3 Å². The number of carbonyl (C=O) groups is 1. The van der Waals surface area contributed by atoms with Gasteiger partial charge in [-0.25, -0.2) is 4.98 Å². The van der Waals surface area contributed by atoms with Crippen LogP contribution in [0.25, 0.3) is 20.8 Å². The summed E-state index contributed by atoms with van der Waals surface area (Å²) < 4.78 is 30.3. The smallest absolute Gasteiger partial charge is 0.261 e. The van der Waals surface area contributed by atoms with E-state index in [1.165, 1.54) is 0 Å². The number of carbonyl (C=O) groups excluding carboxylic acids is 1. The van der Waals surface area contributed by atoms with Gasteiger partial charge in [-0.05, 0) is 36.4 Å². The first-order chi connectivity index (χ1) is 18.6. The second-order valence-electron chi connectivity index (χ2n) is 9.17. The molecule has 196 valence electrons. The predicted molar refractivity (Wildman–Crippen MR) is 145 cm³/mol. The normalized spacial score (nSPS) is 17.0. The topological polar surface area (TPSA) is 79.4 Å². The van der Waals surface area contributed by atoms with Gasteiger partial charge in [-0.1, -0.05) is 18.2 Å². The van der Waals surface area contributed by atoms with Crippen molar-refractivity contribution in [2.45, 2.75) is 19.1 Å². The Bertz CT molecular complexity index is 1420. The lowest BCUT2D eigenvalue weighted by molar-refractivity contribution is 0.0726. The molecule has 2 aliphatic rings. The van der Waals surface area contributed by atoms with Crippen molar-refractivity contribution in [3.8, 4) is 33.6 Å². The molecule has 6 rings (SSSR count). The molecule has 0 radical (unpaired) electrons. The first kappa shape index (κ1) is 24.5. The van der Waals surface area contributed by atoms with Crippen molar-refractivity contribution >= 4 is 27.5 Å². The molecule has 0 unspecified atom stereocenters. The monoisotopic (exact) mass is 532 g/mol. The quantitative estimate of drug-likeness (QED) is 0.338. The Kier molecular flexibility index (Phi) is 6.78. The highest BCUT2D eigenvalue weighted by Crippen LogP contribution is 2.42. The van der Waals surface area contributed by atoms with E-state index in [9.17, 15) is 4.79 Å². The minimum Gasteiger partial charge on any atom is -0.496 e. The summed E-state index contributed by atoms with van der Waals surface area (Å²) in [5.41, 5.74) is 3.12. The van der Waals surface area contributed by atoms with Crippen molar-refractivity contribution in [1.82, 2.24) is 9.88 Å². The van der Waals surface area contributed by atoms with Gasteiger partial charge >= 0.3 is 0 Å². The van der Waals surface area contributed by atoms with Gasteiger partial charge in [0.25, 0.3) is 5.91 Å². The molecular formula is C29H28N2O6S. The van der Waals surface area contributed by atoms with Gasteiger partial charge in [0.1, 0.15) is 34.8 Å². The Balaban J connectivity index is 1.41. The number of fused-ring (bicyclic) bond motifs is 2. The number of hydrogen-bond donors (Lipinski definition) is 0. The number of hydrogen-bond acceptors (Lipinski definition) is 8. The molecule has 1 saturated heterocycles. The van der Waals surface area contributed by atoms with E-state index in [0.29, 0.717) is 61.5 Å². The Labute approximate surface area is 224 Å². The summed E-state index contributed by atoms with van der Waals surface area (Å²) in [7, 11) is 3.10. The number of ether oxygens (including phenoxy) is 5. The van der Waals surface area contributed by atoms with E-state index in [-0.39, 0.29) is 12.0 Å². The fourth-order valence-electron chi connectivity index (χ4n) is 4.87. The number of amides is 1. The average Bonchev–Trinajstić information content (AvgIpc) is 3.57. The maximum Gasteiger partial charge on any atom is 0.261 e. The van der Waals surface area contributed by atoms with E-state index in [2.05, 4.69) is 12.1 Å². The van der Waals surface area contributed by atoms with Crippen molar-refractivity contribution in [2.24, 2.45) is 0 Å². The molecule has 0 aliphatic carbocycles. The van der Waals surface area contributed by atoms with Crippen LogP contribution < -0.4 is 18.9 Å². The van der Waals surface area contributed by atoms with Crippen LogP contribution in [0.4, 0.5) is 0 Å². The molecule has 4 aromatic rings. The molecular weight excluding hydrogens is 504 g/mol. The predicted octanol–water partition coefficient (Wildman–Crippen LogP) is 5.18. The molecule has 1 fully saturated rings. The SMILES string of the molecule is COc1cccc(OC)c1C(=O)N1CCOc2c(cc(-c3nc4ccccc4s3)cc2O[C@H]2CCOC2)C1. The fourth-order valence-corrected chi connectivity index (χ4v) is 5.82. The van der Waals surface area contributed by atoms with E-state index in [1.54, 1.807) is 48.7 Å². The first-order valence-electron chi connectivity index (χ1n) is 12.5. The van der Waals surface area contributed by atoms with E-state index in [4.69, 9.17) is 28.7 Å². The Hall–Kier alpha value is -3.82. The van der Waals surface area contributed by atoms with Crippen LogP contribution in [0.15, 0.2) is 54.6 Å². The zero-order valence-electron chi connectivity index (χ0n) is 21.3. The van der Waals surface area contributed by atoms with Gasteiger partial charge in [0.05, 0.1) is 44.2 Å². The number of benzene rings is 3.